The topological polar surface area (TPSA) is 120 Å². The summed E-state index contributed by atoms with van der Waals surface area (Å²) in [5.41, 5.74) is 1.49. The molecule has 0 aliphatic rings. The van der Waals surface area contributed by atoms with Crippen LogP contribution in [0.1, 0.15) is 5.76 Å². The molecule has 0 bridgehead atoms. The molecule has 27 heavy (non-hydrogen) atoms. The molecule has 1 amide bonds. The number of nitrogens with one attached hydrogen (secondary N) is 1. The predicted octanol–water partition coefficient (Wildman–Crippen LogP) is 3.42. The number of benzene rings is 1. The molecular formula is C17H13N5O4S. The molecule has 0 aliphatic carbocycles. The lowest BCUT2D eigenvalue weighted by Gasteiger charge is -1.98. The van der Waals surface area contributed by atoms with Crippen LogP contribution in [0.4, 0.5) is 6.01 Å². The molecule has 1 aromatic carbocycles. The third-order valence-electron chi connectivity index (χ3n) is 3.51. The van der Waals surface area contributed by atoms with Crippen molar-refractivity contribution < 1.29 is 18.0 Å². The van der Waals surface area contributed by atoms with Crippen molar-refractivity contribution in [2.24, 2.45) is 0 Å². The Morgan fingerprint density at radius 1 is 1.04 bits per heavy atom. The minimum Gasteiger partial charge on any atom is -0.469 e. The first-order valence-corrected chi connectivity index (χ1v) is 8.87. The molecule has 0 atom stereocenters. The van der Waals surface area contributed by atoms with Crippen LogP contribution in [0.3, 0.4) is 0 Å². The summed E-state index contributed by atoms with van der Waals surface area (Å²) in [4.78, 5) is 12.1. The predicted molar refractivity (Wildman–Crippen MR) is 95.8 cm³/mol. The molecule has 0 saturated carbocycles. The maximum Gasteiger partial charge on any atom is 0.322 e. The monoisotopic (exact) mass is 383 g/mol. The van der Waals surface area contributed by atoms with Crippen molar-refractivity contribution >= 4 is 23.7 Å². The molecule has 4 rings (SSSR count). The van der Waals surface area contributed by atoms with Gasteiger partial charge in [-0.25, -0.2) is 0 Å². The first kappa shape index (κ1) is 17.0. The lowest BCUT2D eigenvalue weighted by atomic mass is 10.2. The molecule has 136 valence electrons. The van der Waals surface area contributed by atoms with Crippen LogP contribution in [-0.4, -0.2) is 32.1 Å². The number of rotatable bonds is 6. The SMILES string of the molecule is Cc1occc1-c1nnc(SCC(=O)Nc2nnc(-c3ccccc3)o2)o1. The molecule has 0 radical (unpaired) electrons. The van der Waals surface area contributed by atoms with Crippen LogP contribution in [0, 0.1) is 6.92 Å². The van der Waals surface area contributed by atoms with E-state index >= 15 is 0 Å². The van der Waals surface area contributed by atoms with Gasteiger partial charge in [-0.2, -0.15) is 0 Å². The number of carbonyl (C=O) groups is 1. The molecule has 9 nitrogen and oxygen atoms in total. The Balaban J connectivity index is 1.33. The molecular weight excluding hydrogens is 370 g/mol. The summed E-state index contributed by atoms with van der Waals surface area (Å²) in [7, 11) is 0. The van der Waals surface area contributed by atoms with Crippen molar-refractivity contribution in [2.45, 2.75) is 12.1 Å². The average molecular weight is 383 g/mol. The highest BCUT2D eigenvalue weighted by Gasteiger charge is 2.16. The zero-order chi connectivity index (χ0) is 18.6. The number of carbonyl (C=O) groups excluding carboxylic acids is 1. The van der Waals surface area contributed by atoms with Gasteiger partial charge in [0.05, 0.1) is 17.6 Å². The number of furan rings is 1. The van der Waals surface area contributed by atoms with E-state index in [4.69, 9.17) is 13.3 Å². The van der Waals surface area contributed by atoms with E-state index in [0.717, 1.165) is 22.9 Å². The minimum atomic E-state index is -0.331. The van der Waals surface area contributed by atoms with E-state index in [2.05, 4.69) is 25.7 Å². The standard InChI is InChI=1S/C17H13N5O4S/c1-10-12(7-8-24-10)15-20-22-17(26-15)27-9-13(23)18-16-21-19-14(25-16)11-5-3-2-4-6-11/h2-8H,9H2,1H3,(H,18,21,23). The van der Waals surface area contributed by atoms with Crippen LogP contribution < -0.4 is 5.32 Å². The lowest BCUT2D eigenvalue weighted by Crippen LogP contribution is -2.14. The van der Waals surface area contributed by atoms with Crippen molar-refractivity contribution in [3.63, 3.8) is 0 Å². The Kier molecular flexibility index (Phi) is 4.71. The second-order valence-electron chi connectivity index (χ2n) is 5.38. The van der Waals surface area contributed by atoms with E-state index in [1.807, 2.05) is 30.3 Å². The third-order valence-corrected chi connectivity index (χ3v) is 4.33. The summed E-state index contributed by atoms with van der Waals surface area (Å²) in [6, 6.07) is 11.0. The molecule has 0 saturated heterocycles. The average Bonchev–Trinajstić information content (AvgIpc) is 3.41. The van der Waals surface area contributed by atoms with Gasteiger partial charge in [0.2, 0.25) is 11.8 Å². The van der Waals surface area contributed by atoms with Gasteiger partial charge in [0.1, 0.15) is 5.76 Å². The van der Waals surface area contributed by atoms with E-state index in [1.54, 1.807) is 19.3 Å². The summed E-state index contributed by atoms with van der Waals surface area (Å²) >= 11 is 1.10. The molecule has 4 aromatic rings. The number of anilines is 1. The van der Waals surface area contributed by atoms with Crippen LogP contribution in [0.2, 0.25) is 0 Å². The molecule has 10 heteroatoms. The molecule has 3 aromatic heterocycles. The lowest BCUT2D eigenvalue weighted by molar-refractivity contribution is -0.113. The number of aromatic nitrogens is 4. The fourth-order valence-corrected chi connectivity index (χ4v) is 2.80. The number of amides is 1. The Hall–Kier alpha value is -3.40. The summed E-state index contributed by atoms with van der Waals surface area (Å²) in [6.45, 7) is 1.80. The van der Waals surface area contributed by atoms with Gasteiger partial charge in [-0.05, 0) is 25.1 Å². The van der Waals surface area contributed by atoms with Crippen molar-refractivity contribution in [1.29, 1.82) is 0 Å². The zero-order valence-corrected chi connectivity index (χ0v) is 14.9. The van der Waals surface area contributed by atoms with Gasteiger partial charge in [0, 0.05) is 5.56 Å². The second kappa shape index (κ2) is 7.46. The van der Waals surface area contributed by atoms with Crippen molar-refractivity contribution in [3.05, 3.63) is 48.4 Å². The quantitative estimate of drug-likeness (QED) is 0.499. The molecule has 0 fully saturated rings. The number of aryl methyl sites for hydroxylation is 1. The van der Waals surface area contributed by atoms with Crippen LogP contribution in [-0.2, 0) is 4.79 Å². The van der Waals surface area contributed by atoms with Gasteiger partial charge in [0.15, 0.2) is 0 Å². The number of thioether (sulfide) groups is 1. The summed E-state index contributed by atoms with van der Waals surface area (Å²) in [6.07, 6.45) is 1.54. The van der Waals surface area contributed by atoms with E-state index in [1.165, 1.54) is 0 Å². The molecule has 0 aliphatic heterocycles. The second-order valence-corrected chi connectivity index (χ2v) is 6.31. The fraction of sp³-hybridized carbons (Fsp3) is 0.118. The van der Waals surface area contributed by atoms with Gasteiger partial charge in [-0.3, -0.25) is 10.1 Å². The number of hydrogen-bond donors (Lipinski definition) is 1. The van der Waals surface area contributed by atoms with Crippen LogP contribution in [0.15, 0.2) is 61.1 Å². The van der Waals surface area contributed by atoms with E-state index in [0.29, 0.717) is 17.5 Å². The molecule has 1 N–H and O–H groups in total. The summed E-state index contributed by atoms with van der Waals surface area (Å²) in [5, 5.41) is 18.4. The largest absolute Gasteiger partial charge is 0.469 e. The maximum atomic E-state index is 12.1. The number of hydrogen-bond acceptors (Lipinski definition) is 9. The minimum absolute atomic E-state index is 0.0275. The van der Waals surface area contributed by atoms with Gasteiger partial charge in [-0.15, -0.1) is 15.3 Å². The summed E-state index contributed by atoms with van der Waals surface area (Å²) in [5.74, 6) is 1.07. The van der Waals surface area contributed by atoms with Crippen LogP contribution in [0.25, 0.3) is 22.9 Å². The Morgan fingerprint density at radius 3 is 2.63 bits per heavy atom. The van der Waals surface area contributed by atoms with Crippen LogP contribution in [0.5, 0.6) is 0 Å². The molecule has 3 heterocycles. The Bertz CT molecular complexity index is 1060. The Labute approximate surface area is 157 Å². The highest BCUT2D eigenvalue weighted by atomic mass is 32.2. The van der Waals surface area contributed by atoms with Crippen molar-refractivity contribution in [2.75, 3.05) is 11.1 Å². The van der Waals surface area contributed by atoms with Gasteiger partial charge in [-0.1, -0.05) is 35.1 Å². The summed E-state index contributed by atoms with van der Waals surface area (Å²) < 4.78 is 16.2. The van der Waals surface area contributed by atoms with E-state index in [9.17, 15) is 4.79 Å². The van der Waals surface area contributed by atoms with Crippen LogP contribution >= 0.6 is 11.8 Å². The first-order valence-electron chi connectivity index (χ1n) is 7.88. The first-order chi connectivity index (χ1) is 13.2. The van der Waals surface area contributed by atoms with Crippen molar-refractivity contribution in [3.8, 4) is 22.9 Å². The van der Waals surface area contributed by atoms with Crippen molar-refractivity contribution in [1.82, 2.24) is 20.4 Å². The van der Waals surface area contributed by atoms with E-state index in [-0.39, 0.29) is 22.9 Å². The maximum absolute atomic E-state index is 12.1. The molecule has 0 unspecified atom stereocenters. The molecule has 0 spiro atoms. The third kappa shape index (κ3) is 3.90. The highest BCUT2D eigenvalue weighted by molar-refractivity contribution is 7.99. The number of nitrogens with zero attached hydrogens (tertiary/aromatic N) is 4. The van der Waals surface area contributed by atoms with Gasteiger partial charge >= 0.3 is 6.01 Å². The van der Waals surface area contributed by atoms with E-state index < -0.39 is 0 Å². The smallest absolute Gasteiger partial charge is 0.322 e. The normalized spacial score (nSPS) is 10.9. The zero-order valence-electron chi connectivity index (χ0n) is 14.1. The van der Waals surface area contributed by atoms with Gasteiger partial charge < -0.3 is 13.3 Å². The Morgan fingerprint density at radius 2 is 1.85 bits per heavy atom. The highest BCUT2D eigenvalue weighted by Crippen LogP contribution is 2.26. The van der Waals surface area contributed by atoms with Gasteiger partial charge in [0.25, 0.3) is 11.1 Å². The fourth-order valence-electron chi connectivity index (χ4n) is 2.24.